The summed E-state index contributed by atoms with van der Waals surface area (Å²) in [4.78, 5) is 0.0809. The van der Waals surface area contributed by atoms with Crippen molar-refractivity contribution >= 4 is 27.5 Å². The van der Waals surface area contributed by atoms with E-state index in [2.05, 4.69) is 28.1 Å². The smallest absolute Gasteiger partial charge is 0.123 e. The molecule has 1 unspecified atom stereocenters. The number of hydrogen-bond donors (Lipinski definition) is 0. The van der Waals surface area contributed by atoms with Crippen LogP contribution in [0.4, 0.5) is 0 Å². The van der Waals surface area contributed by atoms with E-state index in [0.29, 0.717) is 5.02 Å². The molecule has 88 valence electrons. The summed E-state index contributed by atoms with van der Waals surface area (Å²) in [7, 11) is 1.66. The van der Waals surface area contributed by atoms with Gasteiger partial charge in [0.1, 0.15) is 5.75 Å². The zero-order chi connectivity index (χ0) is 12.3. The van der Waals surface area contributed by atoms with Crippen molar-refractivity contribution in [2.45, 2.75) is 4.83 Å². The minimum Gasteiger partial charge on any atom is -0.496 e. The largest absolute Gasteiger partial charge is 0.496 e. The lowest BCUT2D eigenvalue weighted by molar-refractivity contribution is 0.410. The first-order chi connectivity index (χ1) is 8.22. The van der Waals surface area contributed by atoms with Crippen molar-refractivity contribution in [2.24, 2.45) is 0 Å². The maximum absolute atomic E-state index is 6.03. The summed E-state index contributed by atoms with van der Waals surface area (Å²) in [6.45, 7) is 0. The Hall–Kier alpha value is -0.990. The van der Waals surface area contributed by atoms with Crippen LogP contribution >= 0.6 is 27.5 Å². The van der Waals surface area contributed by atoms with Gasteiger partial charge in [0.15, 0.2) is 0 Å². The molecule has 0 spiro atoms. The van der Waals surface area contributed by atoms with Crippen molar-refractivity contribution in [3.8, 4) is 5.75 Å². The molecule has 0 aliphatic rings. The van der Waals surface area contributed by atoms with Crippen LogP contribution in [0.5, 0.6) is 5.75 Å². The van der Waals surface area contributed by atoms with Gasteiger partial charge in [-0.05, 0) is 23.8 Å². The molecule has 0 aromatic heterocycles. The molecule has 0 radical (unpaired) electrons. The Morgan fingerprint density at radius 2 is 1.82 bits per heavy atom. The first-order valence-corrected chi connectivity index (χ1v) is 6.54. The molecule has 0 bridgehead atoms. The Morgan fingerprint density at radius 1 is 1.12 bits per heavy atom. The van der Waals surface area contributed by atoms with E-state index < -0.39 is 0 Å². The van der Waals surface area contributed by atoms with E-state index in [4.69, 9.17) is 16.3 Å². The van der Waals surface area contributed by atoms with E-state index in [1.54, 1.807) is 7.11 Å². The molecule has 3 heteroatoms. The lowest BCUT2D eigenvalue weighted by atomic mass is 10.0. The van der Waals surface area contributed by atoms with Crippen molar-refractivity contribution in [3.05, 3.63) is 64.7 Å². The molecular weight excluding hydrogens is 300 g/mol. The van der Waals surface area contributed by atoms with Crippen LogP contribution in [0.15, 0.2) is 48.5 Å². The van der Waals surface area contributed by atoms with Crippen LogP contribution < -0.4 is 4.74 Å². The number of rotatable bonds is 3. The summed E-state index contributed by atoms with van der Waals surface area (Å²) >= 11 is 9.71. The molecule has 2 aromatic carbocycles. The molecule has 2 aromatic rings. The lowest BCUT2D eigenvalue weighted by Gasteiger charge is -2.15. The van der Waals surface area contributed by atoms with Gasteiger partial charge in [-0.15, -0.1) is 0 Å². The average molecular weight is 312 g/mol. The SMILES string of the molecule is COc1ccc(Cl)cc1C(Br)c1ccccc1. The molecule has 0 aliphatic heterocycles. The van der Waals surface area contributed by atoms with E-state index in [0.717, 1.165) is 11.3 Å². The van der Waals surface area contributed by atoms with Crippen molar-refractivity contribution in [3.63, 3.8) is 0 Å². The first kappa shape index (κ1) is 12.5. The third-order valence-corrected chi connectivity index (χ3v) is 3.81. The van der Waals surface area contributed by atoms with Crippen LogP contribution in [0.25, 0.3) is 0 Å². The Morgan fingerprint density at radius 3 is 2.47 bits per heavy atom. The Balaban J connectivity index is 2.43. The number of alkyl halides is 1. The van der Waals surface area contributed by atoms with E-state index in [1.807, 2.05) is 36.4 Å². The molecular formula is C14H12BrClO. The average Bonchev–Trinajstić information content (AvgIpc) is 2.39. The number of ether oxygens (including phenoxy) is 1. The summed E-state index contributed by atoms with van der Waals surface area (Å²) in [6.07, 6.45) is 0. The van der Waals surface area contributed by atoms with E-state index >= 15 is 0 Å². The number of methoxy groups -OCH3 is 1. The third kappa shape index (κ3) is 2.82. The first-order valence-electron chi connectivity index (χ1n) is 5.25. The Kier molecular flexibility index (Phi) is 4.08. The minimum atomic E-state index is 0.0809. The Bertz CT molecular complexity index is 499. The highest BCUT2D eigenvalue weighted by Gasteiger charge is 2.15. The van der Waals surface area contributed by atoms with Crippen LogP contribution in [0.2, 0.25) is 5.02 Å². The second-order valence-electron chi connectivity index (χ2n) is 3.66. The van der Waals surface area contributed by atoms with Gasteiger partial charge in [-0.2, -0.15) is 0 Å². The zero-order valence-electron chi connectivity index (χ0n) is 9.36. The topological polar surface area (TPSA) is 9.23 Å². The molecule has 0 N–H and O–H groups in total. The van der Waals surface area contributed by atoms with Crippen molar-refractivity contribution < 1.29 is 4.74 Å². The molecule has 0 saturated heterocycles. The van der Waals surface area contributed by atoms with Gasteiger partial charge in [-0.3, -0.25) is 0 Å². The van der Waals surface area contributed by atoms with Crippen LogP contribution in [0, 0.1) is 0 Å². The van der Waals surface area contributed by atoms with Crippen LogP contribution in [0.3, 0.4) is 0 Å². The lowest BCUT2D eigenvalue weighted by Crippen LogP contribution is -1.96. The van der Waals surface area contributed by atoms with Gasteiger partial charge in [-0.25, -0.2) is 0 Å². The number of hydrogen-bond acceptors (Lipinski definition) is 1. The second-order valence-corrected chi connectivity index (χ2v) is 5.01. The van der Waals surface area contributed by atoms with Crippen LogP contribution in [-0.2, 0) is 0 Å². The van der Waals surface area contributed by atoms with Crippen molar-refractivity contribution in [2.75, 3.05) is 7.11 Å². The van der Waals surface area contributed by atoms with Gasteiger partial charge in [0.25, 0.3) is 0 Å². The molecule has 1 nitrogen and oxygen atoms in total. The van der Waals surface area contributed by atoms with Crippen molar-refractivity contribution in [1.82, 2.24) is 0 Å². The standard InChI is InChI=1S/C14H12BrClO/c1-17-13-8-7-11(16)9-12(13)14(15)10-5-3-2-4-6-10/h2-9,14H,1H3. The fourth-order valence-electron chi connectivity index (χ4n) is 1.70. The number of halogens is 2. The third-order valence-electron chi connectivity index (χ3n) is 2.56. The van der Waals surface area contributed by atoms with Crippen molar-refractivity contribution in [1.29, 1.82) is 0 Å². The predicted octanol–water partition coefficient (Wildman–Crippen LogP) is 4.83. The summed E-state index contributed by atoms with van der Waals surface area (Å²) in [5.41, 5.74) is 2.21. The molecule has 0 fully saturated rings. The summed E-state index contributed by atoms with van der Waals surface area (Å²) in [5, 5.41) is 0.709. The highest BCUT2D eigenvalue weighted by atomic mass is 79.9. The minimum absolute atomic E-state index is 0.0809. The van der Waals surface area contributed by atoms with Gasteiger partial charge in [-0.1, -0.05) is 57.9 Å². The second kappa shape index (κ2) is 5.56. The van der Waals surface area contributed by atoms with Gasteiger partial charge in [0.05, 0.1) is 11.9 Å². The summed E-state index contributed by atoms with van der Waals surface area (Å²) < 4.78 is 5.35. The fourth-order valence-corrected chi connectivity index (χ4v) is 2.55. The molecule has 0 amide bonds. The summed E-state index contributed by atoms with van der Waals surface area (Å²) in [6, 6.07) is 15.8. The number of benzene rings is 2. The van der Waals surface area contributed by atoms with E-state index in [9.17, 15) is 0 Å². The molecule has 0 aliphatic carbocycles. The predicted molar refractivity (Wildman–Crippen MR) is 75.2 cm³/mol. The van der Waals surface area contributed by atoms with E-state index in [1.165, 1.54) is 5.56 Å². The highest BCUT2D eigenvalue weighted by Crippen LogP contribution is 2.37. The fraction of sp³-hybridized carbons (Fsp3) is 0.143. The Labute approximate surface area is 115 Å². The molecule has 2 rings (SSSR count). The normalized spacial score (nSPS) is 12.2. The molecule has 17 heavy (non-hydrogen) atoms. The van der Waals surface area contributed by atoms with Gasteiger partial charge in [0.2, 0.25) is 0 Å². The molecule has 1 atom stereocenters. The van der Waals surface area contributed by atoms with Gasteiger partial charge in [0, 0.05) is 10.6 Å². The quantitative estimate of drug-likeness (QED) is 0.738. The van der Waals surface area contributed by atoms with Gasteiger partial charge < -0.3 is 4.74 Å². The zero-order valence-corrected chi connectivity index (χ0v) is 11.7. The van der Waals surface area contributed by atoms with Crippen LogP contribution in [0.1, 0.15) is 16.0 Å². The molecule has 0 heterocycles. The van der Waals surface area contributed by atoms with Crippen LogP contribution in [-0.4, -0.2) is 7.11 Å². The van der Waals surface area contributed by atoms with E-state index in [-0.39, 0.29) is 4.83 Å². The monoisotopic (exact) mass is 310 g/mol. The molecule has 0 saturated carbocycles. The highest BCUT2D eigenvalue weighted by molar-refractivity contribution is 9.09. The van der Waals surface area contributed by atoms with Gasteiger partial charge >= 0.3 is 0 Å². The summed E-state index contributed by atoms with van der Waals surface area (Å²) in [5.74, 6) is 0.833. The maximum Gasteiger partial charge on any atom is 0.123 e. The maximum atomic E-state index is 6.03.